The third-order valence-electron chi connectivity index (χ3n) is 7.34. The van der Waals surface area contributed by atoms with E-state index in [0.29, 0.717) is 17.8 Å². The van der Waals surface area contributed by atoms with Crippen LogP contribution in [0.4, 0.5) is 4.39 Å². The molecular formula is C36H50ClFN8O. The van der Waals surface area contributed by atoms with Gasteiger partial charge >= 0.3 is 5.69 Å². The number of hydrogen-bond donors (Lipinski definition) is 5. The smallest absolute Gasteiger partial charge is 0.354 e. The molecule has 0 aliphatic rings. The number of H-pyrrole nitrogens is 1. The fourth-order valence-electron chi connectivity index (χ4n) is 4.67. The summed E-state index contributed by atoms with van der Waals surface area (Å²) in [6.07, 6.45) is 7.42. The number of nitrogens with zero attached hydrogens (tertiary/aromatic N) is 3. The average molecular weight is 665 g/mol. The van der Waals surface area contributed by atoms with Crippen molar-refractivity contribution in [2.24, 2.45) is 22.2 Å². The van der Waals surface area contributed by atoms with Gasteiger partial charge in [-0.15, -0.1) is 0 Å². The van der Waals surface area contributed by atoms with Crippen molar-refractivity contribution in [2.45, 2.75) is 84.7 Å². The molecule has 0 spiro atoms. The number of fused-ring (bicyclic) bond motifs is 1. The molecule has 0 bridgehead atoms. The Hall–Kier alpha value is -3.99. The van der Waals surface area contributed by atoms with Gasteiger partial charge in [-0.1, -0.05) is 77.4 Å². The summed E-state index contributed by atoms with van der Waals surface area (Å²) in [6, 6.07) is 13.5. The van der Waals surface area contributed by atoms with Crippen molar-refractivity contribution in [1.82, 2.24) is 19.9 Å². The monoisotopic (exact) mass is 664 g/mol. The predicted molar refractivity (Wildman–Crippen MR) is 195 cm³/mol. The lowest BCUT2D eigenvalue weighted by atomic mass is 9.85. The van der Waals surface area contributed by atoms with Gasteiger partial charge in [-0.3, -0.25) is 9.56 Å². The van der Waals surface area contributed by atoms with Gasteiger partial charge in [0.15, 0.2) is 5.96 Å². The van der Waals surface area contributed by atoms with Crippen molar-refractivity contribution < 1.29 is 4.39 Å². The molecule has 4 rings (SSSR count). The summed E-state index contributed by atoms with van der Waals surface area (Å²) in [5, 5.41) is 4.44. The molecule has 0 fully saturated rings. The number of aromatic amines is 1. The van der Waals surface area contributed by atoms with Crippen LogP contribution in [-0.4, -0.2) is 39.6 Å². The first-order valence-electron chi connectivity index (χ1n) is 15.9. The van der Waals surface area contributed by atoms with E-state index in [0.717, 1.165) is 53.8 Å². The van der Waals surface area contributed by atoms with E-state index >= 15 is 0 Å². The maximum Gasteiger partial charge on any atom is 0.354 e. The molecule has 47 heavy (non-hydrogen) atoms. The lowest BCUT2D eigenvalue weighted by Crippen LogP contribution is -2.23. The highest BCUT2D eigenvalue weighted by atomic mass is 35.5. The molecule has 2 heterocycles. The number of hydrogen-bond acceptors (Lipinski definition) is 5. The van der Waals surface area contributed by atoms with Crippen LogP contribution in [-0.2, 0) is 17.4 Å². The summed E-state index contributed by atoms with van der Waals surface area (Å²) in [5.41, 5.74) is 20.8. The molecule has 11 heteroatoms. The van der Waals surface area contributed by atoms with E-state index in [1.165, 1.54) is 0 Å². The van der Waals surface area contributed by atoms with Crippen molar-refractivity contribution in [3.05, 3.63) is 98.4 Å². The summed E-state index contributed by atoms with van der Waals surface area (Å²) >= 11 is 5.93. The number of nitrogens with two attached hydrogens (primary N) is 3. The summed E-state index contributed by atoms with van der Waals surface area (Å²) in [6.45, 7) is 16.4. The van der Waals surface area contributed by atoms with E-state index in [1.54, 1.807) is 10.6 Å². The van der Waals surface area contributed by atoms with Gasteiger partial charge in [-0.05, 0) is 78.7 Å². The number of aliphatic imine (C=N–C) groups is 1. The van der Waals surface area contributed by atoms with Crippen LogP contribution in [0.25, 0.3) is 22.8 Å². The fourth-order valence-corrected chi connectivity index (χ4v) is 4.90. The van der Waals surface area contributed by atoms with E-state index < -0.39 is 0 Å². The van der Waals surface area contributed by atoms with Gasteiger partial charge in [-0.25, -0.2) is 9.18 Å². The first-order chi connectivity index (χ1) is 22.0. The summed E-state index contributed by atoms with van der Waals surface area (Å²) in [5.74, 6) is -0.203. The zero-order valence-electron chi connectivity index (χ0n) is 28.6. The number of aromatic nitrogens is 3. The zero-order valence-corrected chi connectivity index (χ0v) is 29.4. The molecule has 2 aromatic heterocycles. The van der Waals surface area contributed by atoms with Gasteiger partial charge in [0.2, 0.25) is 0 Å². The number of halogens is 2. The van der Waals surface area contributed by atoms with Gasteiger partial charge in [0.25, 0.3) is 0 Å². The molecule has 0 aliphatic heterocycles. The first-order valence-corrected chi connectivity index (χ1v) is 16.2. The molecular weight excluding hydrogens is 615 g/mol. The third kappa shape index (κ3) is 11.3. The number of guanidine groups is 1. The van der Waals surface area contributed by atoms with Crippen LogP contribution in [0.1, 0.15) is 83.7 Å². The van der Waals surface area contributed by atoms with Crippen molar-refractivity contribution >= 4 is 34.7 Å². The number of nitrogens with one attached hydrogen (secondary N) is 2. The highest BCUT2D eigenvalue weighted by molar-refractivity contribution is 6.31. The van der Waals surface area contributed by atoms with Crippen LogP contribution >= 0.6 is 11.6 Å². The van der Waals surface area contributed by atoms with Crippen molar-refractivity contribution in [3.8, 4) is 5.69 Å². The van der Waals surface area contributed by atoms with Gasteiger partial charge in [0.05, 0.1) is 10.7 Å². The molecule has 1 atom stereocenters. The van der Waals surface area contributed by atoms with Crippen LogP contribution in [0.5, 0.6) is 0 Å². The molecule has 254 valence electrons. The van der Waals surface area contributed by atoms with E-state index in [9.17, 15) is 9.18 Å². The fraction of sp³-hybridized carbons (Fsp3) is 0.417. The minimum absolute atomic E-state index is 0.0352. The Kier molecular flexibility index (Phi) is 12.9. The number of rotatable bonds is 10. The van der Waals surface area contributed by atoms with Crippen molar-refractivity contribution in [2.75, 3.05) is 13.1 Å². The minimum Gasteiger partial charge on any atom is -0.370 e. The molecule has 0 unspecified atom stereocenters. The molecule has 0 saturated heterocycles. The number of benzene rings is 2. The standard InChI is InChI=1S/C21H29N7O.C15H21ClFN/c1-21(2,3)17-11-15-13-28(20(29)27-18(15)26-17)16-7-5-14(6-8-16)12-24-9-4-10-25-19(22)23;1-10(18)6-5-7-11-8-12(15(2,3)4)14(17)13(16)9-11/h5-8,11,13,24H,4,9-10,12H2,1-3H3,(H4,22,23,25)(H,26,27,29);5,7-10H,6,18H2,1-4H3/b;7-5+/t;10-/m.0/s1. The second-order valence-corrected chi connectivity index (χ2v) is 14.3. The molecule has 0 saturated carbocycles. The van der Waals surface area contributed by atoms with E-state index in [2.05, 4.69) is 47.1 Å². The largest absolute Gasteiger partial charge is 0.370 e. The average Bonchev–Trinajstić information content (AvgIpc) is 3.40. The zero-order chi connectivity index (χ0) is 34.9. The molecule has 9 nitrogen and oxygen atoms in total. The second-order valence-electron chi connectivity index (χ2n) is 13.9. The van der Waals surface area contributed by atoms with Gasteiger partial charge in [0.1, 0.15) is 11.5 Å². The molecule has 0 aliphatic carbocycles. The molecule has 2 aromatic carbocycles. The summed E-state index contributed by atoms with van der Waals surface area (Å²) in [7, 11) is 0. The van der Waals surface area contributed by atoms with Crippen LogP contribution in [0.2, 0.25) is 5.02 Å². The Bertz CT molecular complexity index is 1740. The quantitative estimate of drug-likeness (QED) is 0.0763. The first kappa shape index (κ1) is 37.5. The molecule has 0 amide bonds. The van der Waals surface area contributed by atoms with Gasteiger partial charge in [-0.2, -0.15) is 4.98 Å². The van der Waals surface area contributed by atoms with Crippen LogP contribution in [0.3, 0.4) is 0 Å². The second kappa shape index (κ2) is 16.2. The third-order valence-corrected chi connectivity index (χ3v) is 7.62. The van der Waals surface area contributed by atoms with Crippen LogP contribution in [0, 0.1) is 5.82 Å². The summed E-state index contributed by atoms with van der Waals surface area (Å²) in [4.78, 5) is 23.9. The highest BCUT2D eigenvalue weighted by Crippen LogP contribution is 2.31. The Morgan fingerprint density at radius 2 is 1.79 bits per heavy atom. The normalized spacial score (nSPS) is 12.6. The van der Waals surface area contributed by atoms with E-state index in [1.807, 2.05) is 76.4 Å². The van der Waals surface area contributed by atoms with Crippen molar-refractivity contribution in [1.29, 1.82) is 0 Å². The Morgan fingerprint density at radius 3 is 2.38 bits per heavy atom. The molecule has 8 N–H and O–H groups in total. The predicted octanol–water partition coefficient (Wildman–Crippen LogP) is 6.29. The van der Waals surface area contributed by atoms with Crippen molar-refractivity contribution in [3.63, 3.8) is 0 Å². The lowest BCUT2D eigenvalue weighted by molar-refractivity contribution is 0.523. The SMILES string of the molecule is CC(C)(C)c1cc2cn(-c3ccc(CNCCCN=C(N)N)cc3)c(=O)nc2[nH]1.C[C@H](N)C/C=C/c1cc(Cl)c(F)c(C(C)(C)C)c1. The van der Waals surface area contributed by atoms with E-state index in [4.69, 9.17) is 28.8 Å². The molecule has 4 aromatic rings. The van der Waals surface area contributed by atoms with Crippen LogP contribution in [0.15, 0.2) is 64.5 Å². The Labute approximate surface area is 282 Å². The summed E-state index contributed by atoms with van der Waals surface area (Å²) < 4.78 is 15.5. The van der Waals surface area contributed by atoms with Gasteiger partial charge < -0.3 is 27.5 Å². The Morgan fingerprint density at radius 1 is 1.11 bits per heavy atom. The van der Waals surface area contributed by atoms with Gasteiger partial charge in [0, 0.05) is 41.8 Å². The Balaban J connectivity index is 0.000000287. The molecule has 0 radical (unpaired) electrons. The maximum atomic E-state index is 14.0. The maximum absolute atomic E-state index is 14.0. The highest BCUT2D eigenvalue weighted by Gasteiger charge is 2.21. The lowest BCUT2D eigenvalue weighted by Gasteiger charge is -2.21. The minimum atomic E-state index is -0.325. The topological polar surface area (TPSA) is 153 Å². The van der Waals surface area contributed by atoms with E-state index in [-0.39, 0.29) is 39.4 Å². The van der Waals surface area contributed by atoms with Crippen LogP contribution < -0.4 is 28.2 Å².